The van der Waals surface area contributed by atoms with Crippen molar-refractivity contribution in [3.63, 3.8) is 0 Å². The quantitative estimate of drug-likeness (QED) is 0.523. The van der Waals surface area contributed by atoms with Crippen LogP contribution in [-0.2, 0) is 0 Å². The molecular formula is C15H26N4. The summed E-state index contributed by atoms with van der Waals surface area (Å²) in [5.41, 5.74) is 8.00. The number of rotatable bonds is 7. The summed E-state index contributed by atoms with van der Waals surface area (Å²) in [5, 5.41) is 9.91. The molecule has 1 fully saturated rings. The summed E-state index contributed by atoms with van der Waals surface area (Å²) in [7, 11) is 1.91. The average molecular weight is 262 g/mol. The highest BCUT2D eigenvalue weighted by molar-refractivity contribution is 5.24. The largest absolute Gasteiger partial charge is 0.405 e. The third-order valence-corrected chi connectivity index (χ3v) is 3.25. The van der Waals surface area contributed by atoms with E-state index >= 15 is 0 Å². The van der Waals surface area contributed by atoms with E-state index < -0.39 is 0 Å². The Labute approximate surface area is 116 Å². The molecule has 5 N–H and O–H groups in total. The normalized spacial score (nSPS) is 23.8. The van der Waals surface area contributed by atoms with Gasteiger partial charge in [0.2, 0.25) is 0 Å². The lowest BCUT2D eigenvalue weighted by molar-refractivity contribution is 0.472. The molecule has 2 atom stereocenters. The Morgan fingerprint density at radius 3 is 2.84 bits per heavy atom. The van der Waals surface area contributed by atoms with E-state index in [9.17, 15) is 0 Å². The number of nitrogens with two attached hydrogens (primary N) is 1. The van der Waals surface area contributed by atoms with Gasteiger partial charge in [0.15, 0.2) is 0 Å². The molecular weight excluding hydrogens is 236 g/mol. The van der Waals surface area contributed by atoms with Crippen molar-refractivity contribution in [3.05, 3.63) is 48.0 Å². The number of hydrogen-bond donors (Lipinski definition) is 4. The van der Waals surface area contributed by atoms with E-state index in [4.69, 9.17) is 5.73 Å². The molecule has 4 nitrogen and oxygen atoms in total. The first kappa shape index (κ1) is 15.4. The standard InChI is InChI=1S/C15H26N4/c1-4-14-13(10-18-14)11-19-15(7-5-6-8-16)12(2)9-17-3/h5-9,11,14-15,17-19H,4,10,16H2,1-3H3/b7-5-,8-6-,12-9+,13-11+. The van der Waals surface area contributed by atoms with E-state index in [1.54, 1.807) is 0 Å². The molecule has 0 aliphatic carbocycles. The van der Waals surface area contributed by atoms with Crippen LogP contribution in [0.25, 0.3) is 0 Å². The summed E-state index contributed by atoms with van der Waals surface area (Å²) >= 11 is 0. The highest BCUT2D eigenvalue weighted by Crippen LogP contribution is 2.14. The highest BCUT2D eigenvalue weighted by atomic mass is 15.0. The lowest BCUT2D eigenvalue weighted by Crippen LogP contribution is -2.46. The molecule has 1 aliphatic heterocycles. The van der Waals surface area contributed by atoms with Gasteiger partial charge >= 0.3 is 0 Å². The maximum absolute atomic E-state index is 5.34. The van der Waals surface area contributed by atoms with Crippen molar-refractivity contribution >= 4 is 0 Å². The fraction of sp³-hybridized carbons (Fsp3) is 0.467. The molecule has 0 spiro atoms. The van der Waals surface area contributed by atoms with Gasteiger partial charge in [-0.05, 0) is 49.2 Å². The van der Waals surface area contributed by atoms with Gasteiger partial charge in [0, 0.05) is 19.6 Å². The third kappa shape index (κ3) is 4.83. The first-order valence-corrected chi connectivity index (χ1v) is 6.80. The lowest BCUT2D eigenvalue weighted by Gasteiger charge is -2.31. The van der Waals surface area contributed by atoms with Crippen LogP contribution in [0.4, 0.5) is 0 Å². The zero-order valence-corrected chi connectivity index (χ0v) is 12.1. The van der Waals surface area contributed by atoms with E-state index in [2.05, 4.69) is 42.1 Å². The van der Waals surface area contributed by atoms with Crippen LogP contribution in [0, 0.1) is 0 Å². The second-order valence-corrected chi connectivity index (χ2v) is 4.65. The minimum absolute atomic E-state index is 0.175. The van der Waals surface area contributed by atoms with Gasteiger partial charge < -0.3 is 21.7 Å². The van der Waals surface area contributed by atoms with E-state index in [1.165, 1.54) is 17.3 Å². The van der Waals surface area contributed by atoms with Crippen LogP contribution in [0.15, 0.2) is 48.0 Å². The molecule has 0 aromatic heterocycles. The van der Waals surface area contributed by atoms with Crippen molar-refractivity contribution in [2.45, 2.75) is 32.4 Å². The molecule has 1 rings (SSSR count). The van der Waals surface area contributed by atoms with Crippen molar-refractivity contribution < 1.29 is 0 Å². The van der Waals surface area contributed by atoms with Crippen LogP contribution < -0.4 is 21.7 Å². The van der Waals surface area contributed by atoms with Gasteiger partial charge in [0.25, 0.3) is 0 Å². The smallest absolute Gasteiger partial charge is 0.0669 e. The number of nitrogens with one attached hydrogen (secondary N) is 3. The number of hydrogen-bond acceptors (Lipinski definition) is 4. The van der Waals surface area contributed by atoms with E-state index in [-0.39, 0.29) is 6.04 Å². The minimum Gasteiger partial charge on any atom is -0.405 e. The molecule has 4 heteroatoms. The van der Waals surface area contributed by atoms with Gasteiger partial charge in [-0.3, -0.25) is 0 Å². The van der Waals surface area contributed by atoms with Crippen LogP contribution in [0.3, 0.4) is 0 Å². The molecule has 1 aliphatic rings. The van der Waals surface area contributed by atoms with E-state index in [0.29, 0.717) is 6.04 Å². The van der Waals surface area contributed by atoms with Crippen molar-refractivity contribution in [3.8, 4) is 0 Å². The van der Waals surface area contributed by atoms with Gasteiger partial charge in [-0.25, -0.2) is 0 Å². The van der Waals surface area contributed by atoms with Crippen molar-refractivity contribution in [2.75, 3.05) is 13.6 Å². The molecule has 1 heterocycles. The summed E-state index contributed by atoms with van der Waals surface area (Å²) in [6.45, 7) is 5.28. The maximum atomic E-state index is 5.34. The first-order chi connectivity index (χ1) is 9.22. The Hall–Kier alpha value is -1.68. The molecule has 19 heavy (non-hydrogen) atoms. The van der Waals surface area contributed by atoms with Crippen LogP contribution in [-0.4, -0.2) is 25.7 Å². The average Bonchev–Trinajstić information content (AvgIpc) is 2.36. The molecule has 0 aromatic rings. The SMILES string of the molecule is CCC1NC/C1=C\NC(/C=C\C=C/N)/C(C)=C/NC. The van der Waals surface area contributed by atoms with Crippen molar-refractivity contribution in [1.29, 1.82) is 0 Å². The Morgan fingerprint density at radius 2 is 2.32 bits per heavy atom. The van der Waals surface area contributed by atoms with Crippen LogP contribution >= 0.6 is 0 Å². The molecule has 2 unspecified atom stereocenters. The highest BCUT2D eigenvalue weighted by Gasteiger charge is 2.20. The Bertz CT molecular complexity index is 378. The summed E-state index contributed by atoms with van der Waals surface area (Å²) in [6, 6.07) is 0.712. The summed E-state index contributed by atoms with van der Waals surface area (Å²) in [6.07, 6.45) is 12.7. The molecule has 106 valence electrons. The summed E-state index contributed by atoms with van der Waals surface area (Å²) in [5.74, 6) is 0. The van der Waals surface area contributed by atoms with Crippen molar-refractivity contribution in [2.24, 2.45) is 5.73 Å². The zero-order chi connectivity index (χ0) is 14.1. The van der Waals surface area contributed by atoms with Crippen molar-refractivity contribution in [1.82, 2.24) is 16.0 Å². The fourth-order valence-electron chi connectivity index (χ4n) is 2.01. The molecule has 0 saturated carbocycles. The molecule has 0 bridgehead atoms. The monoisotopic (exact) mass is 262 g/mol. The molecule has 0 amide bonds. The summed E-state index contributed by atoms with van der Waals surface area (Å²) < 4.78 is 0. The number of allylic oxidation sites excluding steroid dienone is 2. The van der Waals surface area contributed by atoms with Gasteiger partial charge in [0.1, 0.15) is 0 Å². The molecule has 1 saturated heterocycles. The Morgan fingerprint density at radius 1 is 1.53 bits per heavy atom. The summed E-state index contributed by atoms with van der Waals surface area (Å²) in [4.78, 5) is 0. The van der Waals surface area contributed by atoms with Gasteiger partial charge in [-0.15, -0.1) is 0 Å². The minimum atomic E-state index is 0.175. The van der Waals surface area contributed by atoms with Gasteiger partial charge in [-0.2, -0.15) is 0 Å². The predicted octanol–water partition coefficient (Wildman–Crippen LogP) is 1.36. The van der Waals surface area contributed by atoms with E-state index in [1.807, 2.05) is 25.4 Å². The topological polar surface area (TPSA) is 62.1 Å². The first-order valence-electron chi connectivity index (χ1n) is 6.80. The van der Waals surface area contributed by atoms with Crippen LogP contribution in [0.1, 0.15) is 20.3 Å². The zero-order valence-electron chi connectivity index (χ0n) is 12.1. The molecule has 0 aromatic carbocycles. The van der Waals surface area contributed by atoms with Crippen LogP contribution in [0.2, 0.25) is 0 Å². The second kappa shape index (κ2) is 8.43. The van der Waals surface area contributed by atoms with E-state index in [0.717, 1.165) is 13.0 Å². The van der Waals surface area contributed by atoms with Crippen LogP contribution in [0.5, 0.6) is 0 Å². The Balaban J connectivity index is 2.66. The maximum Gasteiger partial charge on any atom is 0.0669 e. The lowest BCUT2D eigenvalue weighted by atomic mass is 9.98. The molecule has 0 radical (unpaired) electrons. The van der Waals surface area contributed by atoms with Gasteiger partial charge in [-0.1, -0.05) is 19.1 Å². The Kier molecular flexibility index (Phi) is 6.82. The fourth-order valence-corrected chi connectivity index (χ4v) is 2.01. The second-order valence-electron chi connectivity index (χ2n) is 4.65. The predicted molar refractivity (Wildman–Crippen MR) is 82.4 cm³/mol. The van der Waals surface area contributed by atoms with Gasteiger partial charge in [0.05, 0.1) is 6.04 Å². The third-order valence-electron chi connectivity index (χ3n) is 3.25.